The van der Waals surface area contributed by atoms with Crippen LogP contribution in [0.3, 0.4) is 0 Å². The maximum absolute atomic E-state index is 11.4. The first kappa shape index (κ1) is 14.5. The zero-order valence-electron chi connectivity index (χ0n) is 10.7. The number of ether oxygens (including phenoxy) is 1. The largest absolute Gasteiger partial charge is 0.469 e. The lowest BCUT2D eigenvalue weighted by atomic mass is 10.0. The van der Waals surface area contributed by atoms with Crippen molar-refractivity contribution in [3.05, 3.63) is 24.2 Å². The van der Waals surface area contributed by atoms with Crippen LogP contribution in [0.5, 0.6) is 0 Å². The second-order valence-electron chi connectivity index (χ2n) is 4.36. The first-order valence-corrected chi connectivity index (χ1v) is 5.79. The molecule has 0 aliphatic rings. The summed E-state index contributed by atoms with van der Waals surface area (Å²) in [5.41, 5.74) is -1.05. The molecule has 0 aliphatic carbocycles. The Morgan fingerprint density at radius 2 is 2.33 bits per heavy atom. The monoisotopic (exact) mass is 256 g/mol. The van der Waals surface area contributed by atoms with Crippen LogP contribution in [-0.2, 0) is 11.2 Å². The predicted octanol–water partition coefficient (Wildman–Crippen LogP) is 0.519. The van der Waals surface area contributed by atoms with Crippen LogP contribution in [0.4, 0.5) is 4.79 Å². The minimum absolute atomic E-state index is 0.145. The number of carbonyl (C=O) groups is 1. The SMILES string of the molecule is COCCNC(=O)NCC(C)(O)Cc1ccco1. The van der Waals surface area contributed by atoms with E-state index in [4.69, 9.17) is 9.15 Å². The molecule has 2 amide bonds. The summed E-state index contributed by atoms with van der Waals surface area (Å²) < 4.78 is 9.95. The van der Waals surface area contributed by atoms with Gasteiger partial charge in [-0.25, -0.2) is 4.79 Å². The highest BCUT2D eigenvalue weighted by Crippen LogP contribution is 2.12. The van der Waals surface area contributed by atoms with Gasteiger partial charge in [0.15, 0.2) is 0 Å². The van der Waals surface area contributed by atoms with Gasteiger partial charge in [-0.1, -0.05) is 0 Å². The average molecular weight is 256 g/mol. The fourth-order valence-electron chi connectivity index (χ4n) is 1.45. The maximum atomic E-state index is 11.4. The van der Waals surface area contributed by atoms with Crippen molar-refractivity contribution >= 4 is 6.03 Å². The van der Waals surface area contributed by atoms with E-state index in [1.54, 1.807) is 32.4 Å². The molecule has 1 aromatic rings. The molecule has 6 heteroatoms. The molecule has 0 bridgehead atoms. The van der Waals surface area contributed by atoms with E-state index in [2.05, 4.69) is 10.6 Å². The molecule has 0 saturated carbocycles. The zero-order valence-corrected chi connectivity index (χ0v) is 10.7. The van der Waals surface area contributed by atoms with Crippen molar-refractivity contribution in [2.24, 2.45) is 0 Å². The van der Waals surface area contributed by atoms with Gasteiger partial charge in [0.05, 0.1) is 18.5 Å². The lowest BCUT2D eigenvalue weighted by molar-refractivity contribution is 0.0571. The summed E-state index contributed by atoms with van der Waals surface area (Å²) in [5.74, 6) is 0.682. The van der Waals surface area contributed by atoms with Crippen molar-refractivity contribution in [2.45, 2.75) is 18.9 Å². The van der Waals surface area contributed by atoms with E-state index in [9.17, 15) is 9.90 Å². The Hall–Kier alpha value is -1.53. The predicted molar refractivity (Wildman–Crippen MR) is 66.3 cm³/mol. The molecule has 1 rings (SSSR count). The molecule has 3 N–H and O–H groups in total. The summed E-state index contributed by atoms with van der Waals surface area (Å²) in [4.78, 5) is 11.4. The van der Waals surface area contributed by atoms with Gasteiger partial charge in [-0.05, 0) is 19.1 Å². The van der Waals surface area contributed by atoms with Gasteiger partial charge in [-0.15, -0.1) is 0 Å². The van der Waals surface area contributed by atoms with Crippen LogP contribution in [0.1, 0.15) is 12.7 Å². The van der Waals surface area contributed by atoms with Gasteiger partial charge in [0, 0.05) is 26.6 Å². The van der Waals surface area contributed by atoms with Gasteiger partial charge >= 0.3 is 6.03 Å². The van der Waals surface area contributed by atoms with Crippen LogP contribution in [0.2, 0.25) is 0 Å². The topological polar surface area (TPSA) is 83.7 Å². The number of aliphatic hydroxyl groups is 1. The normalized spacial score (nSPS) is 13.9. The van der Waals surface area contributed by atoms with Crippen LogP contribution in [-0.4, -0.2) is 43.5 Å². The molecule has 1 heterocycles. The van der Waals surface area contributed by atoms with E-state index >= 15 is 0 Å². The molecular formula is C12H20N2O4. The molecule has 0 aliphatic heterocycles. The number of furan rings is 1. The zero-order chi connectivity index (χ0) is 13.4. The minimum Gasteiger partial charge on any atom is -0.469 e. The van der Waals surface area contributed by atoms with Gasteiger partial charge in [0.2, 0.25) is 0 Å². The average Bonchev–Trinajstić information content (AvgIpc) is 2.79. The summed E-state index contributed by atoms with van der Waals surface area (Å²) in [6, 6.07) is 3.22. The number of amides is 2. The van der Waals surface area contributed by atoms with Crippen molar-refractivity contribution in [3.63, 3.8) is 0 Å². The number of hydrogen-bond donors (Lipinski definition) is 3. The van der Waals surface area contributed by atoms with E-state index in [-0.39, 0.29) is 12.6 Å². The van der Waals surface area contributed by atoms with E-state index in [1.807, 2.05) is 0 Å². The Kier molecular flexibility index (Phi) is 5.67. The van der Waals surface area contributed by atoms with Crippen LogP contribution < -0.4 is 10.6 Å². The third kappa shape index (κ3) is 5.70. The molecule has 1 atom stereocenters. The summed E-state index contributed by atoms with van der Waals surface area (Å²) in [6.45, 7) is 2.68. The van der Waals surface area contributed by atoms with Crippen molar-refractivity contribution in [1.82, 2.24) is 10.6 Å². The molecule has 0 saturated heterocycles. The smallest absolute Gasteiger partial charge is 0.314 e. The number of rotatable bonds is 7. The third-order valence-electron chi connectivity index (χ3n) is 2.36. The number of carbonyl (C=O) groups excluding carboxylic acids is 1. The molecule has 1 aromatic heterocycles. The van der Waals surface area contributed by atoms with E-state index in [0.29, 0.717) is 25.3 Å². The molecule has 102 valence electrons. The first-order valence-electron chi connectivity index (χ1n) is 5.79. The molecule has 18 heavy (non-hydrogen) atoms. The fraction of sp³-hybridized carbons (Fsp3) is 0.583. The van der Waals surface area contributed by atoms with Gasteiger partial charge in [-0.2, -0.15) is 0 Å². The van der Waals surface area contributed by atoms with Crippen LogP contribution in [0, 0.1) is 0 Å². The highest BCUT2D eigenvalue weighted by atomic mass is 16.5. The van der Waals surface area contributed by atoms with E-state index in [0.717, 1.165) is 0 Å². The summed E-state index contributed by atoms with van der Waals surface area (Å²) in [5, 5.41) is 15.3. The van der Waals surface area contributed by atoms with Crippen molar-refractivity contribution in [2.75, 3.05) is 26.8 Å². The number of urea groups is 1. The van der Waals surface area contributed by atoms with Crippen LogP contribution in [0.15, 0.2) is 22.8 Å². The number of methoxy groups -OCH3 is 1. The Balaban J connectivity index is 2.26. The molecular weight excluding hydrogens is 236 g/mol. The van der Waals surface area contributed by atoms with Gasteiger partial charge in [-0.3, -0.25) is 0 Å². The lowest BCUT2D eigenvalue weighted by Gasteiger charge is -2.22. The highest BCUT2D eigenvalue weighted by molar-refractivity contribution is 5.73. The molecule has 1 unspecified atom stereocenters. The quantitative estimate of drug-likeness (QED) is 0.621. The lowest BCUT2D eigenvalue weighted by Crippen LogP contribution is -2.46. The van der Waals surface area contributed by atoms with Crippen molar-refractivity contribution in [3.8, 4) is 0 Å². The first-order chi connectivity index (χ1) is 8.53. The van der Waals surface area contributed by atoms with Crippen LogP contribution >= 0.6 is 0 Å². The summed E-state index contributed by atoms with van der Waals surface area (Å²) >= 11 is 0. The van der Waals surface area contributed by atoms with Crippen LogP contribution in [0.25, 0.3) is 0 Å². The fourth-order valence-corrected chi connectivity index (χ4v) is 1.45. The highest BCUT2D eigenvalue weighted by Gasteiger charge is 2.23. The Bertz CT molecular complexity index is 349. The van der Waals surface area contributed by atoms with Crippen molar-refractivity contribution < 1.29 is 19.1 Å². The minimum atomic E-state index is -1.05. The van der Waals surface area contributed by atoms with E-state index < -0.39 is 5.60 Å². The standard InChI is InChI=1S/C12H20N2O4/c1-12(16,8-10-4-3-6-18-10)9-14-11(15)13-5-7-17-2/h3-4,6,16H,5,7-9H2,1-2H3,(H2,13,14,15). The molecule has 0 fully saturated rings. The van der Waals surface area contributed by atoms with Crippen molar-refractivity contribution in [1.29, 1.82) is 0 Å². The number of nitrogens with one attached hydrogen (secondary N) is 2. The van der Waals surface area contributed by atoms with Gasteiger partial charge in [0.25, 0.3) is 0 Å². The van der Waals surface area contributed by atoms with E-state index in [1.165, 1.54) is 0 Å². The molecule has 6 nitrogen and oxygen atoms in total. The van der Waals surface area contributed by atoms with Gasteiger partial charge < -0.3 is 24.9 Å². The second kappa shape index (κ2) is 7.03. The summed E-state index contributed by atoms with van der Waals surface area (Å²) in [6.07, 6.45) is 1.90. The Morgan fingerprint density at radius 3 is 2.94 bits per heavy atom. The molecule has 0 aromatic carbocycles. The number of hydrogen-bond acceptors (Lipinski definition) is 4. The Labute approximate surface area is 106 Å². The summed E-state index contributed by atoms with van der Waals surface area (Å²) in [7, 11) is 1.56. The molecule has 0 spiro atoms. The third-order valence-corrected chi connectivity index (χ3v) is 2.36. The second-order valence-corrected chi connectivity index (χ2v) is 4.36. The Morgan fingerprint density at radius 1 is 1.56 bits per heavy atom. The maximum Gasteiger partial charge on any atom is 0.314 e. The van der Waals surface area contributed by atoms with Gasteiger partial charge in [0.1, 0.15) is 5.76 Å². The molecule has 0 radical (unpaired) electrons.